The van der Waals surface area contributed by atoms with E-state index in [9.17, 15) is 4.79 Å². The molecule has 0 N–H and O–H groups in total. The van der Waals surface area contributed by atoms with Crippen LogP contribution in [0.3, 0.4) is 0 Å². The molecule has 0 saturated carbocycles. The lowest BCUT2D eigenvalue weighted by molar-refractivity contribution is -0.132. The van der Waals surface area contributed by atoms with E-state index in [0.717, 1.165) is 11.1 Å². The highest BCUT2D eigenvalue weighted by Crippen LogP contribution is 2.28. The van der Waals surface area contributed by atoms with Crippen molar-refractivity contribution in [3.8, 4) is 11.5 Å². The third-order valence-electron chi connectivity index (χ3n) is 3.63. The predicted molar refractivity (Wildman–Crippen MR) is 101 cm³/mol. The first-order valence-corrected chi connectivity index (χ1v) is 8.33. The average molecular weight is 360 g/mol. The number of hydrogen-bond donors (Lipinski definition) is 0. The minimum Gasteiger partial charge on any atom is -0.493 e. The SMILES string of the molecule is C/C=C/c1ccc(OCC(=O)N(C)Cc2cccc(Cl)c2)c(OC)c1. The molecule has 25 heavy (non-hydrogen) atoms. The summed E-state index contributed by atoms with van der Waals surface area (Å²) < 4.78 is 11.0. The normalized spacial score (nSPS) is 10.7. The fourth-order valence-corrected chi connectivity index (χ4v) is 2.56. The molecule has 0 aliphatic carbocycles. The molecule has 5 heteroatoms. The molecule has 2 aromatic rings. The van der Waals surface area contributed by atoms with Gasteiger partial charge in [-0.05, 0) is 42.3 Å². The molecule has 2 aromatic carbocycles. The quantitative estimate of drug-likeness (QED) is 0.734. The molecule has 0 radical (unpaired) electrons. The lowest BCUT2D eigenvalue weighted by atomic mass is 10.2. The number of nitrogens with zero attached hydrogens (tertiary/aromatic N) is 1. The fourth-order valence-electron chi connectivity index (χ4n) is 2.35. The molecule has 0 atom stereocenters. The van der Waals surface area contributed by atoms with E-state index in [-0.39, 0.29) is 12.5 Å². The van der Waals surface area contributed by atoms with Gasteiger partial charge in [0.1, 0.15) is 0 Å². The molecule has 0 heterocycles. The monoisotopic (exact) mass is 359 g/mol. The summed E-state index contributed by atoms with van der Waals surface area (Å²) in [4.78, 5) is 13.9. The number of likely N-dealkylation sites (N-methyl/N-ethyl adjacent to an activating group) is 1. The molecule has 1 amide bonds. The van der Waals surface area contributed by atoms with Gasteiger partial charge in [-0.1, -0.05) is 42.0 Å². The van der Waals surface area contributed by atoms with Gasteiger partial charge in [-0.15, -0.1) is 0 Å². The maximum absolute atomic E-state index is 12.3. The molecule has 0 bridgehead atoms. The van der Waals surface area contributed by atoms with Crippen molar-refractivity contribution in [3.63, 3.8) is 0 Å². The lowest BCUT2D eigenvalue weighted by Crippen LogP contribution is -2.31. The Kier molecular flexibility index (Phi) is 6.90. The van der Waals surface area contributed by atoms with Crippen LogP contribution < -0.4 is 9.47 Å². The Bertz CT molecular complexity index is 758. The van der Waals surface area contributed by atoms with Crippen LogP contribution >= 0.6 is 11.6 Å². The number of allylic oxidation sites excluding steroid dienone is 1. The van der Waals surface area contributed by atoms with Crippen molar-refractivity contribution in [2.24, 2.45) is 0 Å². The van der Waals surface area contributed by atoms with E-state index < -0.39 is 0 Å². The molecule has 132 valence electrons. The van der Waals surface area contributed by atoms with Gasteiger partial charge < -0.3 is 14.4 Å². The molecule has 4 nitrogen and oxygen atoms in total. The second-order valence-corrected chi connectivity index (χ2v) is 6.02. The predicted octanol–water partition coefficient (Wildman–Crippen LogP) is 4.42. The van der Waals surface area contributed by atoms with Gasteiger partial charge in [-0.25, -0.2) is 0 Å². The summed E-state index contributed by atoms with van der Waals surface area (Å²) >= 11 is 5.97. The summed E-state index contributed by atoms with van der Waals surface area (Å²) in [6.45, 7) is 2.36. The van der Waals surface area contributed by atoms with Crippen molar-refractivity contribution < 1.29 is 14.3 Å². The Morgan fingerprint density at radius 2 is 2.00 bits per heavy atom. The van der Waals surface area contributed by atoms with Crippen molar-refractivity contribution in [1.82, 2.24) is 4.90 Å². The van der Waals surface area contributed by atoms with Crippen LogP contribution in [0.5, 0.6) is 11.5 Å². The smallest absolute Gasteiger partial charge is 0.260 e. The van der Waals surface area contributed by atoms with Crippen LogP contribution in [0, 0.1) is 0 Å². The number of benzene rings is 2. The van der Waals surface area contributed by atoms with Crippen molar-refractivity contribution in [1.29, 1.82) is 0 Å². The number of methoxy groups -OCH3 is 1. The van der Waals surface area contributed by atoms with Gasteiger partial charge in [-0.2, -0.15) is 0 Å². The van der Waals surface area contributed by atoms with E-state index in [1.165, 1.54) is 0 Å². The zero-order valence-electron chi connectivity index (χ0n) is 14.7. The fraction of sp³-hybridized carbons (Fsp3) is 0.250. The van der Waals surface area contributed by atoms with Gasteiger partial charge in [-0.3, -0.25) is 4.79 Å². The van der Waals surface area contributed by atoms with Crippen molar-refractivity contribution in [2.75, 3.05) is 20.8 Å². The molecule has 0 unspecified atom stereocenters. The maximum Gasteiger partial charge on any atom is 0.260 e. The Morgan fingerprint density at radius 1 is 1.20 bits per heavy atom. The van der Waals surface area contributed by atoms with E-state index in [1.54, 1.807) is 31.2 Å². The van der Waals surface area contributed by atoms with Crippen LogP contribution in [0.4, 0.5) is 0 Å². The molecular weight excluding hydrogens is 338 g/mol. The van der Waals surface area contributed by atoms with E-state index in [0.29, 0.717) is 23.1 Å². The number of ether oxygens (including phenoxy) is 2. The zero-order chi connectivity index (χ0) is 18.2. The van der Waals surface area contributed by atoms with E-state index >= 15 is 0 Å². The minimum atomic E-state index is -0.125. The summed E-state index contributed by atoms with van der Waals surface area (Å²) in [6.07, 6.45) is 3.92. The third kappa shape index (κ3) is 5.54. The summed E-state index contributed by atoms with van der Waals surface area (Å²) in [5.74, 6) is 1.01. The molecule has 2 rings (SSSR count). The Labute approximate surface area is 153 Å². The van der Waals surface area contributed by atoms with Crippen molar-refractivity contribution in [3.05, 3.63) is 64.7 Å². The van der Waals surface area contributed by atoms with Gasteiger partial charge in [0.2, 0.25) is 0 Å². The molecular formula is C20H22ClNO3. The molecule has 0 fully saturated rings. The number of rotatable bonds is 7. The molecule has 0 aromatic heterocycles. The van der Waals surface area contributed by atoms with Gasteiger partial charge in [0.15, 0.2) is 18.1 Å². The lowest BCUT2D eigenvalue weighted by Gasteiger charge is -2.18. The van der Waals surface area contributed by atoms with Crippen LogP contribution in [-0.2, 0) is 11.3 Å². The maximum atomic E-state index is 12.3. The minimum absolute atomic E-state index is 0.0591. The summed E-state index contributed by atoms with van der Waals surface area (Å²) in [6, 6.07) is 13.0. The van der Waals surface area contributed by atoms with Crippen LogP contribution in [0.2, 0.25) is 5.02 Å². The highest BCUT2D eigenvalue weighted by Gasteiger charge is 2.12. The molecule has 0 aliphatic heterocycles. The van der Waals surface area contributed by atoms with E-state index in [1.807, 2.05) is 49.4 Å². The van der Waals surface area contributed by atoms with Gasteiger partial charge in [0.05, 0.1) is 7.11 Å². The van der Waals surface area contributed by atoms with Crippen LogP contribution in [0.25, 0.3) is 6.08 Å². The number of halogens is 1. The number of carbonyl (C=O) groups excluding carboxylic acids is 1. The summed E-state index contributed by atoms with van der Waals surface area (Å²) in [7, 11) is 3.31. The van der Waals surface area contributed by atoms with Crippen molar-refractivity contribution >= 4 is 23.6 Å². The molecule has 0 saturated heterocycles. The molecule has 0 aliphatic rings. The summed E-state index contributed by atoms with van der Waals surface area (Å²) in [5.41, 5.74) is 1.98. The first-order valence-electron chi connectivity index (χ1n) is 7.95. The Balaban J connectivity index is 1.97. The molecule has 0 spiro atoms. The Morgan fingerprint density at radius 3 is 2.68 bits per heavy atom. The second kappa shape index (κ2) is 9.14. The van der Waals surface area contributed by atoms with E-state index in [4.69, 9.17) is 21.1 Å². The topological polar surface area (TPSA) is 38.8 Å². The first kappa shape index (κ1) is 18.9. The number of carbonyl (C=O) groups is 1. The number of amides is 1. The largest absolute Gasteiger partial charge is 0.493 e. The van der Waals surface area contributed by atoms with Gasteiger partial charge in [0.25, 0.3) is 5.91 Å². The van der Waals surface area contributed by atoms with Crippen LogP contribution in [-0.4, -0.2) is 31.6 Å². The Hall–Kier alpha value is -2.46. The van der Waals surface area contributed by atoms with Gasteiger partial charge >= 0.3 is 0 Å². The summed E-state index contributed by atoms with van der Waals surface area (Å²) in [5, 5.41) is 0.653. The second-order valence-electron chi connectivity index (χ2n) is 5.58. The average Bonchev–Trinajstić information content (AvgIpc) is 2.60. The third-order valence-corrected chi connectivity index (χ3v) is 3.87. The van der Waals surface area contributed by atoms with E-state index in [2.05, 4.69) is 0 Å². The highest BCUT2D eigenvalue weighted by atomic mass is 35.5. The number of hydrogen-bond acceptors (Lipinski definition) is 3. The van der Waals surface area contributed by atoms with Crippen LogP contribution in [0.1, 0.15) is 18.1 Å². The zero-order valence-corrected chi connectivity index (χ0v) is 15.4. The standard InChI is InChI=1S/C20H22ClNO3/c1-4-6-15-9-10-18(19(12-15)24-3)25-14-20(23)22(2)13-16-7-5-8-17(21)11-16/h4-12H,13-14H2,1-3H3/b6-4+. The van der Waals surface area contributed by atoms with Crippen molar-refractivity contribution in [2.45, 2.75) is 13.5 Å². The van der Waals surface area contributed by atoms with Gasteiger partial charge in [0, 0.05) is 18.6 Å². The van der Waals surface area contributed by atoms with Crippen LogP contribution in [0.15, 0.2) is 48.5 Å². The highest BCUT2D eigenvalue weighted by molar-refractivity contribution is 6.30. The first-order chi connectivity index (χ1) is 12.0.